The van der Waals surface area contributed by atoms with Crippen LogP contribution >= 0.6 is 0 Å². The zero-order valence-electron chi connectivity index (χ0n) is 9.10. The Hall–Kier alpha value is -2.05. The molecule has 1 nitrogen and oxygen atoms in total. The van der Waals surface area contributed by atoms with Gasteiger partial charge < -0.3 is 0 Å². The summed E-state index contributed by atoms with van der Waals surface area (Å²) < 4.78 is 76.4. The van der Waals surface area contributed by atoms with Crippen molar-refractivity contribution < 1.29 is 26.3 Å². The molecule has 2 rings (SSSR count). The summed E-state index contributed by atoms with van der Waals surface area (Å²) in [6, 6.07) is 3.78. The first kappa shape index (κ1) is 13.4. The second-order valence-electron chi connectivity index (χ2n) is 3.67. The van der Waals surface area contributed by atoms with Crippen molar-refractivity contribution in [3.8, 4) is 11.3 Å². The van der Waals surface area contributed by atoms with E-state index in [0.717, 1.165) is 18.2 Å². The number of alkyl halides is 3. The fourth-order valence-electron chi connectivity index (χ4n) is 1.49. The van der Waals surface area contributed by atoms with Crippen molar-refractivity contribution in [2.24, 2.45) is 0 Å². The van der Waals surface area contributed by atoms with Gasteiger partial charge in [-0.1, -0.05) is 12.1 Å². The zero-order valence-corrected chi connectivity index (χ0v) is 9.10. The Labute approximate surface area is 103 Å². The number of halogens is 6. The van der Waals surface area contributed by atoms with Crippen LogP contribution in [0.2, 0.25) is 0 Å². The van der Waals surface area contributed by atoms with Crippen LogP contribution in [0.25, 0.3) is 11.3 Å². The molecule has 0 aliphatic rings. The molecule has 0 aliphatic heterocycles. The van der Waals surface area contributed by atoms with Crippen LogP contribution in [-0.2, 0) is 6.18 Å². The standard InChI is InChI=1S/C12H5F6N/c13-8-5-9(14)11(15)19-10(8)6-2-1-3-7(4-6)12(16,17)18/h1-5H. The molecule has 0 atom stereocenters. The highest BCUT2D eigenvalue weighted by Gasteiger charge is 2.30. The highest BCUT2D eigenvalue weighted by atomic mass is 19.4. The quantitative estimate of drug-likeness (QED) is 0.562. The highest BCUT2D eigenvalue weighted by molar-refractivity contribution is 5.60. The summed E-state index contributed by atoms with van der Waals surface area (Å²) in [6.45, 7) is 0. The van der Waals surface area contributed by atoms with E-state index in [1.54, 1.807) is 0 Å². The summed E-state index contributed by atoms with van der Waals surface area (Å²) >= 11 is 0. The number of aromatic nitrogens is 1. The molecule has 7 heteroatoms. The van der Waals surface area contributed by atoms with Crippen molar-refractivity contribution in [3.05, 3.63) is 53.5 Å². The molecular formula is C12H5F6N. The van der Waals surface area contributed by atoms with E-state index >= 15 is 0 Å². The number of pyridine rings is 1. The molecule has 19 heavy (non-hydrogen) atoms. The van der Waals surface area contributed by atoms with Gasteiger partial charge in [0.05, 0.1) is 5.56 Å². The Morgan fingerprint density at radius 1 is 0.895 bits per heavy atom. The summed E-state index contributed by atoms with van der Waals surface area (Å²) in [7, 11) is 0. The maximum absolute atomic E-state index is 13.4. The third kappa shape index (κ3) is 2.69. The molecule has 100 valence electrons. The lowest BCUT2D eigenvalue weighted by Gasteiger charge is -2.09. The molecule has 0 N–H and O–H groups in total. The van der Waals surface area contributed by atoms with Crippen LogP contribution < -0.4 is 0 Å². The predicted molar refractivity (Wildman–Crippen MR) is 54.5 cm³/mol. The summed E-state index contributed by atoms with van der Waals surface area (Å²) in [5, 5.41) is 0. The van der Waals surface area contributed by atoms with Crippen molar-refractivity contribution in [2.75, 3.05) is 0 Å². The predicted octanol–water partition coefficient (Wildman–Crippen LogP) is 4.18. The minimum atomic E-state index is -4.62. The molecule has 0 spiro atoms. The van der Waals surface area contributed by atoms with E-state index in [-0.39, 0.29) is 11.6 Å². The summed E-state index contributed by atoms with van der Waals surface area (Å²) in [5.74, 6) is -4.32. The Morgan fingerprint density at radius 3 is 2.21 bits per heavy atom. The second-order valence-corrected chi connectivity index (χ2v) is 3.67. The lowest BCUT2D eigenvalue weighted by molar-refractivity contribution is -0.137. The summed E-state index contributed by atoms with van der Waals surface area (Å²) in [6.07, 6.45) is -4.62. The third-order valence-electron chi connectivity index (χ3n) is 2.35. The first-order chi connectivity index (χ1) is 8.79. The molecule has 0 fully saturated rings. The molecule has 1 aromatic carbocycles. The lowest BCUT2D eigenvalue weighted by Crippen LogP contribution is -2.05. The minimum Gasteiger partial charge on any atom is -0.214 e. The summed E-state index contributed by atoms with van der Waals surface area (Å²) in [5.41, 5.74) is -1.99. The molecule has 0 radical (unpaired) electrons. The van der Waals surface area contributed by atoms with Crippen molar-refractivity contribution in [1.82, 2.24) is 4.98 Å². The normalized spacial score (nSPS) is 11.7. The third-order valence-corrected chi connectivity index (χ3v) is 2.35. The minimum absolute atomic E-state index is 0.234. The summed E-state index contributed by atoms with van der Waals surface area (Å²) in [4.78, 5) is 2.98. The molecule has 1 heterocycles. The lowest BCUT2D eigenvalue weighted by atomic mass is 10.1. The SMILES string of the molecule is Fc1cc(F)c(-c2cccc(C(F)(F)F)c2)nc1F. The van der Waals surface area contributed by atoms with E-state index < -0.39 is 35.0 Å². The average molecular weight is 277 g/mol. The fourth-order valence-corrected chi connectivity index (χ4v) is 1.49. The number of nitrogens with zero attached hydrogens (tertiary/aromatic N) is 1. The number of rotatable bonds is 1. The van der Waals surface area contributed by atoms with E-state index in [0.29, 0.717) is 6.07 Å². The highest BCUT2D eigenvalue weighted by Crippen LogP contribution is 2.32. The van der Waals surface area contributed by atoms with Gasteiger partial charge in [-0.2, -0.15) is 17.6 Å². The molecule has 0 saturated heterocycles. The van der Waals surface area contributed by atoms with E-state index in [4.69, 9.17) is 0 Å². The van der Waals surface area contributed by atoms with Crippen LogP contribution in [0.5, 0.6) is 0 Å². The van der Waals surface area contributed by atoms with Crippen LogP contribution in [0, 0.1) is 17.6 Å². The van der Waals surface area contributed by atoms with Gasteiger partial charge in [0.15, 0.2) is 11.6 Å². The van der Waals surface area contributed by atoms with Gasteiger partial charge in [0.2, 0.25) is 5.95 Å². The van der Waals surface area contributed by atoms with Crippen LogP contribution in [0.1, 0.15) is 5.56 Å². The Kier molecular flexibility index (Phi) is 3.21. The number of hydrogen-bond acceptors (Lipinski definition) is 1. The van der Waals surface area contributed by atoms with Crippen molar-refractivity contribution in [3.63, 3.8) is 0 Å². The van der Waals surface area contributed by atoms with Crippen molar-refractivity contribution >= 4 is 0 Å². The van der Waals surface area contributed by atoms with Gasteiger partial charge in [-0.15, -0.1) is 0 Å². The van der Waals surface area contributed by atoms with Crippen LogP contribution in [0.3, 0.4) is 0 Å². The van der Waals surface area contributed by atoms with Gasteiger partial charge in [-0.05, 0) is 12.1 Å². The van der Waals surface area contributed by atoms with E-state index in [1.165, 1.54) is 0 Å². The van der Waals surface area contributed by atoms with Crippen molar-refractivity contribution in [2.45, 2.75) is 6.18 Å². The molecule has 1 aromatic heterocycles. The van der Waals surface area contributed by atoms with E-state index in [1.807, 2.05) is 0 Å². The van der Waals surface area contributed by atoms with Gasteiger partial charge in [-0.25, -0.2) is 13.8 Å². The largest absolute Gasteiger partial charge is 0.416 e. The van der Waals surface area contributed by atoms with Gasteiger partial charge >= 0.3 is 6.18 Å². The van der Waals surface area contributed by atoms with Gasteiger partial charge in [0.1, 0.15) is 5.69 Å². The maximum atomic E-state index is 13.4. The Bertz CT molecular complexity index is 620. The Morgan fingerprint density at radius 2 is 1.58 bits per heavy atom. The van der Waals surface area contributed by atoms with Crippen LogP contribution in [0.4, 0.5) is 26.3 Å². The monoisotopic (exact) mass is 277 g/mol. The van der Waals surface area contributed by atoms with E-state index in [2.05, 4.69) is 4.98 Å². The molecular weight excluding hydrogens is 272 g/mol. The van der Waals surface area contributed by atoms with E-state index in [9.17, 15) is 26.3 Å². The second kappa shape index (κ2) is 4.56. The average Bonchev–Trinajstić information content (AvgIpc) is 2.33. The molecule has 0 amide bonds. The zero-order chi connectivity index (χ0) is 14.2. The number of hydrogen-bond donors (Lipinski definition) is 0. The van der Waals surface area contributed by atoms with Crippen LogP contribution in [0.15, 0.2) is 30.3 Å². The molecule has 0 bridgehead atoms. The first-order valence-corrected chi connectivity index (χ1v) is 4.98. The molecule has 0 saturated carbocycles. The van der Waals surface area contributed by atoms with Crippen molar-refractivity contribution in [1.29, 1.82) is 0 Å². The molecule has 0 unspecified atom stereocenters. The Balaban J connectivity index is 2.57. The van der Waals surface area contributed by atoms with Crippen LogP contribution in [-0.4, -0.2) is 4.98 Å². The molecule has 0 aliphatic carbocycles. The van der Waals surface area contributed by atoms with Gasteiger partial charge in [-0.3, -0.25) is 0 Å². The topological polar surface area (TPSA) is 12.9 Å². The maximum Gasteiger partial charge on any atom is 0.416 e. The number of benzene rings is 1. The molecule has 2 aromatic rings. The van der Waals surface area contributed by atoms with Gasteiger partial charge in [0.25, 0.3) is 0 Å². The van der Waals surface area contributed by atoms with Gasteiger partial charge in [0, 0.05) is 11.6 Å². The smallest absolute Gasteiger partial charge is 0.214 e. The fraction of sp³-hybridized carbons (Fsp3) is 0.0833. The first-order valence-electron chi connectivity index (χ1n) is 4.98.